The minimum Gasteiger partial charge on any atom is -0.325 e. The van der Waals surface area contributed by atoms with Crippen LogP contribution in [0.25, 0.3) is 0 Å². The quantitative estimate of drug-likeness (QED) is 0.878. The largest absolute Gasteiger partial charge is 0.325 e. The van der Waals surface area contributed by atoms with Crippen LogP contribution >= 0.6 is 0 Å². The number of nitrogens with one attached hydrogen (secondary N) is 1. The van der Waals surface area contributed by atoms with Crippen LogP contribution in [-0.2, 0) is 14.6 Å². The summed E-state index contributed by atoms with van der Waals surface area (Å²) in [6, 6.07) is 9.09. The Labute approximate surface area is 119 Å². The van der Waals surface area contributed by atoms with Crippen molar-refractivity contribution in [2.75, 3.05) is 18.1 Å². The van der Waals surface area contributed by atoms with E-state index in [0.29, 0.717) is 0 Å². The van der Waals surface area contributed by atoms with Gasteiger partial charge >= 0.3 is 0 Å². The highest BCUT2D eigenvalue weighted by Crippen LogP contribution is 2.23. The van der Waals surface area contributed by atoms with Gasteiger partial charge in [-0.15, -0.1) is 0 Å². The van der Waals surface area contributed by atoms with E-state index in [2.05, 4.69) is 5.32 Å². The van der Waals surface area contributed by atoms with Crippen LogP contribution < -0.4 is 5.32 Å². The smallest absolute Gasteiger partial charge is 0.245 e. The summed E-state index contributed by atoms with van der Waals surface area (Å²) in [5.41, 5.74) is 0.908. The molecular formula is C14H20N2O3S. The number of nitrogens with zero attached hydrogens (tertiary/aromatic N) is 1. The predicted molar refractivity (Wildman–Crippen MR) is 77.8 cm³/mol. The normalized spacial score (nSPS) is 23.3. The van der Waals surface area contributed by atoms with Crippen LogP contribution in [0.15, 0.2) is 30.3 Å². The van der Waals surface area contributed by atoms with Gasteiger partial charge in [-0.1, -0.05) is 37.3 Å². The van der Waals surface area contributed by atoms with Crippen molar-refractivity contribution in [1.29, 1.82) is 0 Å². The monoisotopic (exact) mass is 296 g/mol. The number of amides is 1. The second kappa shape index (κ2) is 5.93. The molecule has 2 rings (SSSR count). The lowest BCUT2D eigenvalue weighted by Crippen LogP contribution is -2.38. The number of benzene rings is 1. The van der Waals surface area contributed by atoms with Crippen LogP contribution in [0.5, 0.6) is 0 Å². The van der Waals surface area contributed by atoms with Crippen molar-refractivity contribution in [1.82, 2.24) is 10.2 Å². The lowest BCUT2D eigenvalue weighted by atomic mass is 10.1. The van der Waals surface area contributed by atoms with Gasteiger partial charge in [0.2, 0.25) is 5.91 Å². The fraction of sp³-hybridized carbons (Fsp3) is 0.500. The zero-order valence-corrected chi connectivity index (χ0v) is 12.6. The van der Waals surface area contributed by atoms with Crippen LogP contribution in [-0.4, -0.2) is 43.4 Å². The Morgan fingerprint density at radius 2 is 1.90 bits per heavy atom. The van der Waals surface area contributed by atoms with Gasteiger partial charge in [-0.3, -0.25) is 10.1 Å². The third-order valence-corrected chi connectivity index (χ3v) is 5.31. The minimum absolute atomic E-state index is 0.0166. The third kappa shape index (κ3) is 3.19. The zero-order chi connectivity index (χ0) is 14.8. The van der Waals surface area contributed by atoms with E-state index in [4.69, 9.17) is 0 Å². The van der Waals surface area contributed by atoms with Gasteiger partial charge in [0.05, 0.1) is 11.9 Å². The first kappa shape index (κ1) is 15.0. The molecule has 0 aliphatic carbocycles. The van der Waals surface area contributed by atoms with E-state index in [1.807, 2.05) is 37.3 Å². The van der Waals surface area contributed by atoms with Crippen molar-refractivity contribution in [2.45, 2.75) is 26.1 Å². The van der Waals surface area contributed by atoms with E-state index in [-0.39, 0.29) is 36.2 Å². The molecule has 1 aromatic rings. The molecule has 0 saturated carbocycles. The van der Waals surface area contributed by atoms with Crippen LogP contribution in [0.2, 0.25) is 0 Å². The maximum atomic E-state index is 12.4. The molecule has 0 spiro atoms. The first-order valence-corrected chi connectivity index (χ1v) is 8.58. The molecule has 1 aromatic carbocycles. The van der Waals surface area contributed by atoms with Crippen LogP contribution in [0.4, 0.5) is 0 Å². The van der Waals surface area contributed by atoms with E-state index < -0.39 is 9.84 Å². The Morgan fingerprint density at radius 3 is 2.50 bits per heavy atom. The summed E-state index contributed by atoms with van der Waals surface area (Å²) in [5, 5.41) is 3.21. The van der Waals surface area contributed by atoms with Crippen LogP contribution in [0.1, 0.15) is 25.5 Å². The Kier molecular flexibility index (Phi) is 4.45. The van der Waals surface area contributed by atoms with Gasteiger partial charge in [-0.2, -0.15) is 0 Å². The second-order valence-electron chi connectivity index (χ2n) is 4.95. The Morgan fingerprint density at radius 1 is 1.25 bits per heavy atom. The summed E-state index contributed by atoms with van der Waals surface area (Å²) in [5.74, 6) is 0.0665. The van der Waals surface area contributed by atoms with Gasteiger partial charge in [0.1, 0.15) is 6.04 Å². The molecule has 1 aliphatic rings. The molecule has 110 valence electrons. The molecule has 1 fully saturated rings. The third-order valence-electron chi connectivity index (χ3n) is 3.62. The summed E-state index contributed by atoms with van der Waals surface area (Å²) < 4.78 is 23.1. The topological polar surface area (TPSA) is 66.5 Å². The molecule has 1 amide bonds. The summed E-state index contributed by atoms with van der Waals surface area (Å²) >= 11 is 0. The van der Waals surface area contributed by atoms with E-state index in [0.717, 1.165) is 5.56 Å². The first-order chi connectivity index (χ1) is 9.44. The number of rotatable bonds is 5. The van der Waals surface area contributed by atoms with Gasteiger partial charge in [0.15, 0.2) is 9.84 Å². The number of carbonyl (C=O) groups excluding carboxylic acids is 1. The molecule has 20 heavy (non-hydrogen) atoms. The number of hydrogen-bond acceptors (Lipinski definition) is 4. The molecule has 0 aromatic heterocycles. The van der Waals surface area contributed by atoms with E-state index in [9.17, 15) is 13.2 Å². The van der Waals surface area contributed by atoms with Gasteiger partial charge in [0.25, 0.3) is 0 Å². The van der Waals surface area contributed by atoms with Crippen molar-refractivity contribution in [3.05, 3.63) is 35.9 Å². The molecule has 1 saturated heterocycles. The summed E-state index contributed by atoms with van der Waals surface area (Å²) in [6.07, 6.45) is -0.153. The second-order valence-corrected chi connectivity index (χ2v) is 7.43. The molecule has 2 unspecified atom stereocenters. The van der Waals surface area contributed by atoms with Crippen molar-refractivity contribution >= 4 is 15.7 Å². The number of sulfone groups is 1. The van der Waals surface area contributed by atoms with Gasteiger partial charge in [-0.25, -0.2) is 8.42 Å². The fourth-order valence-electron chi connectivity index (χ4n) is 2.33. The highest BCUT2D eigenvalue weighted by molar-refractivity contribution is 7.91. The Balaban J connectivity index is 2.08. The average molecular weight is 296 g/mol. The first-order valence-electron chi connectivity index (χ1n) is 6.76. The number of hydrogen-bond donors (Lipinski definition) is 1. The van der Waals surface area contributed by atoms with E-state index in [1.54, 1.807) is 11.8 Å². The van der Waals surface area contributed by atoms with Gasteiger partial charge < -0.3 is 4.90 Å². The summed E-state index contributed by atoms with van der Waals surface area (Å²) in [6.45, 7) is 3.74. The van der Waals surface area contributed by atoms with Crippen molar-refractivity contribution in [3.8, 4) is 0 Å². The SMILES string of the molecule is CCS(=O)(=O)CCN1C(=O)C(c2ccccc2)NC1C. The zero-order valence-electron chi connectivity index (χ0n) is 11.7. The lowest BCUT2D eigenvalue weighted by Gasteiger charge is -2.20. The van der Waals surface area contributed by atoms with Gasteiger partial charge in [-0.05, 0) is 12.5 Å². The summed E-state index contributed by atoms with van der Waals surface area (Å²) in [7, 11) is -3.06. The number of carbonyl (C=O) groups is 1. The molecule has 0 bridgehead atoms. The fourth-order valence-corrected chi connectivity index (χ4v) is 3.09. The molecular weight excluding hydrogens is 276 g/mol. The van der Waals surface area contributed by atoms with E-state index in [1.165, 1.54) is 0 Å². The van der Waals surface area contributed by atoms with Crippen molar-refractivity contribution in [2.24, 2.45) is 0 Å². The predicted octanol–water partition coefficient (Wildman–Crippen LogP) is 0.940. The highest BCUT2D eigenvalue weighted by atomic mass is 32.2. The molecule has 1 aliphatic heterocycles. The average Bonchev–Trinajstić information content (AvgIpc) is 2.73. The van der Waals surface area contributed by atoms with Crippen molar-refractivity contribution in [3.63, 3.8) is 0 Å². The lowest BCUT2D eigenvalue weighted by molar-refractivity contribution is -0.129. The molecule has 0 radical (unpaired) electrons. The van der Waals surface area contributed by atoms with Gasteiger partial charge in [0, 0.05) is 12.3 Å². The molecule has 5 nitrogen and oxygen atoms in total. The molecule has 6 heteroatoms. The molecule has 1 N–H and O–H groups in total. The molecule has 1 heterocycles. The van der Waals surface area contributed by atoms with Crippen LogP contribution in [0.3, 0.4) is 0 Å². The maximum Gasteiger partial charge on any atom is 0.245 e. The standard InChI is InChI=1S/C14H20N2O3S/c1-3-20(18,19)10-9-16-11(2)15-13(14(16)17)12-7-5-4-6-8-12/h4-8,11,13,15H,3,9-10H2,1-2H3. The molecule has 2 atom stereocenters. The minimum atomic E-state index is -3.06. The summed E-state index contributed by atoms with van der Waals surface area (Å²) in [4.78, 5) is 14.0. The Bertz CT molecular complexity index is 571. The highest BCUT2D eigenvalue weighted by Gasteiger charge is 2.37. The van der Waals surface area contributed by atoms with E-state index >= 15 is 0 Å². The Hall–Kier alpha value is -1.40. The van der Waals surface area contributed by atoms with Crippen LogP contribution in [0, 0.1) is 0 Å². The van der Waals surface area contributed by atoms with Crippen molar-refractivity contribution < 1.29 is 13.2 Å². The maximum absolute atomic E-state index is 12.4.